The van der Waals surface area contributed by atoms with Gasteiger partial charge >= 0.3 is 0 Å². The molecule has 0 aliphatic heterocycles. The Morgan fingerprint density at radius 3 is 2.86 bits per heavy atom. The SMILES string of the molecule is Cc1ccc2nc(COc3cccc(C(=O)N(C)Cc4ccc(Br)o4)c3)cn2c1. The van der Waals surface area contributed by atoms with E-state index in [1.54, 1.807) is 24.1 Å². The molecule has 0 unspecified atom stereocenters. The number of pyridine rings is 1. The van der Waals surface area contributed by atoms with E-state index in [4.69, 9.17) is 9.15 Å². The van der Waals surface area contributed by atoms with Crippen LogP contribution in [0.4, 0.5) is 0 Å². The third-order valence-electron chi connectivity index (χ3n) is 4.49. The van der Waals surface area contributed by atoms with Gasteiger partial charge in [0.2, 0.25) is 0 Å². The minimum Gasteiger partial charge on any atom is -0.487 e. The van der Waals surface area contributed by atoms with Crippen LogP contribution in [0.15, 0.2) is 70.0 Å². The van der Waals surface area contributed by atoms with E-state index < -0.39 is 0 Å². The molecule has 4 rings (SSSR count). The summed E-state index contributed by atoms with van der Waals surface area (Å²) in [6.45, 7) is 2.75. The summed E-state index contributed by atoms with van der Waals surface area (Å²) in [5, 5.41) is 0. The van der Waals surface area contributed by atoms with Crippen molar-refractivity contribution in [3.63, 3.8) is 0 Å². The average Bonchev–Trinajstić information content (AvgIpc) is 3.31. The molecule has 0 saturated carbocycles. The lowest BCUT2D eigenvalue weighted by atomic mass is 10.2. The number of halogens is 1. The second-order valence-corrected chi connectivity index (χ2v) is 7.67. The van der Waals surface area contributed by atoms with Crippen LogP contribution in [0.2, 0.25) is 0 Å². The van der Waals surface area contributed by atoms with Gasteiger partial charge in [-0.3, -0.25) is 4.79 Å². The molecule has 1 aromatic carbocycles. The van der Waals surface area contributed by atoms with Crippen molar-refractivity contribution in [2.45, 2.75) is 20.1 Å². The first-order chi connectivity index (χ1) is 14.0. The van der Waals surface area contributed by atoms with Gasteiger partial charge in [-0.1, -0.05) is 12.1 Å². The van der Waals surface area contributed by atoms with Gasteiger partial charge in [0.15, 0.2) is 4.67 Å². The molecule has 3 aromatic heterocycles. The highest BCUT2D eigenvalue weighted by atomic mass is 79.9. The molecule has 29 heavy (non-hydrogen) atoms. The van der Waals surface area contributed by atoms with E-state index in [0.717, 1.165) is 11.3 Å². The third kappa shape index (κ3) is 4.51. The van der Waals surface area contributed by atoms with E-state index in [2.05, 4.69) is 20.9 Å². The Morgan fingerprint density at radius 1 is 1.21 bits per heavy atom. The molecule has 0 fully saturated rings. The standard InChI is InChI=1S/C22H20BrN3O3/c1-15-6-9-21-24-17(12-26(21)11-15)14-28-18-5-3-4-16(10-18)22(27)25(2)13-19-7-8-20(23)29-19/h3-12H,13-14H2,1-2H3. The molecule has 0 N–H and O–H groups in total. The maximum atomic E-state index is 12.7. The Morgan fingerprint density at radius 2 is 2.07 bits per heavy atom. The fraction of sp³-hybridized carbons (Fsp3) is 0.182. The van der Waals surface area contributed by atoms with Gasteiger partial charge in [0.1, 0.15) is 23.8 Å². The first-order valence-electron chi connectivity index (χ1n) is 9.15. The zero-order valence-electron chi connectivity index (χ0n) is 16.1. The Bertz CT molecular complexity index is 1170. The summed E-state index contributed by atoms with van der Waals surface area (Å²) in [5.41, 5.74) is 3.43. The molecule has 0 atom stereocenters. The fourth-order valence-electron chi connectivity index (χ4n) is 3.06. The number of nitrogens with zero attached hydrogens (tertiary/aromatic N) is 3. The van der Waals surface area contributed by atoms with Crippen LogP contribution in [0.5, 0.6) is 5.75 Å². The molecular formula is C22H20BrN3O3. The van der Waals surface area contributed by atoms with Gasteiger partial charge in [0.05, 0.1) is 12.2 Å². The predicted molar refractivity (Wildman–Crippen MR) is 113 cm³/mol. The number of amides is 1. The maximum absolute atomic E-state index is 12.7. The van der Waals surface area contributed by atoms with Gasteiger partial charge in [-0.25, -0.2) is 4.98 Å². The summed E-state index contributed by atoms with van der Waals surface area (Å²) < 4.78 is 14.0. The minimum atomic E-state index is -0.105. The summed E-state index contributed by atoms with van der Waals surface area (Å²) in [6.07, 6.45) is 3.98. The highest BCUT2D eigenvalue weighted by molar-refractivity contribution is 9.10. The highest BCUT2D eigenvalue weighted by Gasteiger charge is 2.14. The van der Waals surface area contributed by atoms with Crippen molar-refractivity contribution in [2.75, 3.05) is 7.05 Å². The first kappa shape index (κ1) is 19.3. The van der Waals surface area contributed by atoms with Crippen molar-refractivity contribution in [1.29, 1.82) is 0 Å². The Balaban J connectivity index is 1.42. The van der Waals surface area contributed by atoms with E-state index in [-0.39, 0.29) is 5.91 Å². The zero-order chi connectivity index (χ0) is 20.4. The number of hydrogen-bond acceptors (Lipinski definition) is 4. The van der Waals surface area contributed by atoms with Crippen molar-refractivity contribution in [1.82, 2.24) is 14.3 Å². The van der Waals surface area contributed by atoms with Gasteiger partial charge < -0.3 is 18.5 Å². The number of hydrogen-bond donors (Lipinski definition) is 0. The molecule has 0 saturated heterocycles. The normalized spacial score (nSPS) is 11.0. The summed E-state index contributed by atoms with van der Waals surface area (Å²) in [4.78, 5) is 18.9. The molecule has 0 radical (unpaired) electrons. The molecule has 0 bridgehead atoms. The number of carbonyl (C=O) groups excluding carboxylic acids is 1. The number of imidazole rings is 1. The van der Waals surface area contributed by atoms with Gasteiger partial charge in [0, 0.05) is 25.0 Å². The van der Waals surface area contributed by atoms with Gasteiger partial charge in [-0.05, 0) is 64.8 Å². The monoisotopic (exact) mass is 453 g/mol. The fourth-order valence-corrected chi connectivity index (χ4v) is 3.40. The number of rotatable bonds is 6. The van der Waals surface area contributed by atoms with Crippen LogP contribution < -0.4 is 4.74 Å². The smallest absolute Gasteiger partial charge is 0.254 e. The van der Waals surface area contributed by atoms with Crippen molar-refractivity contribution in [3.05, 3.63) is 88.2 Å². The molecule has 1 amide bonds. The summed E-state index contributed by atoms with van der Waals surface area (Å²) in [6, 6.07) is 14.8. The Hall–Kier alpha value is -3.06. The molecule has 3 heterocycles. The zero-order valence-corrected chi connectivity index (χ0v) is 17.7. The molecule has 7 heteroatoms. The first-order valence-corrected chi connectivity index (χ1v) is 9.94. The lowest BCUT2D eigenvalue weighted by Gasteiger charge is -2.16. The van der Waals surface area contributed by atoms with Crippen molar-refractivity contribution < 1.29 is 13.9 Å². The number of furan rings is 1. The molecule has 0 aliphatic carbocycles. The predicted octanol–water partition coefficient (Wildman–Crippen LogP) is 4.85. The number of carbonyl (C=O) groups is 1. The molecule has 148 valence electrons. The van der Waals surface area contributed by atoms with Crippen LogP contribution in [-0.4, -0.2) is 27.2 Å². The van der Waals surface area contributed by atoms with Crippen LogP contribution in [0.25, 0.3) is 5.65 Å². The molecular weight excluding hydrogens is 434 g/mol. The van der Waals surface area contributed by atoms with E-state index in [9.17, 15) is 4.79 Å². The number of fused-ring (bicyclic) bond motifs is 1. The van der Waals surface area contributed by atoms with Gasteiger partial charge in [-0.15, -0.1) is 0 Å². The number of ether oxygens (including phenoxy) is 1. The van der Waals surface area contributed by atoms with Crippen LogP contribution >= 0.6 is 15.9 Å². The second-order valence-electron chi connectivity index (χ2n) is 6.89. The summed E-state index contributed by atoms with van der Waals surface area (Å²) in [5.74, 6) is 1.23. The molecule has 0 aliphatic rings. The number of benzene rings is 1. The van der Waals surface area contributed by atoms with Crippen LogP contribution in [0.3, 0.4) is 0 Å². The molecule has 6 nitrogen and oxygen atoms in total. The third-order valence-corrected chi connectivity index (χ3v) is 4.91. The van der Waals surface area contributed by atoms with E-state index >= 15 is 0 Å². The number of aromatic nitrogens is 2. The quantitative estimate of drug-likeness (QED) is 0.418. The Labute approximate surface area is 176 Å². The maximum Gasteiger partial charge on any atom is 0.254 e. The Kier molecular flexibility index (Phi) is 5.40. The largest absolute Gasteiger partial charge is 0.487 e. The summed E-state index contributed by atoms with van der Waals surface area (Å²) >= 11 is 3.27. The molecule has 4 aromatic rings. The highest BCUT2D eigenvalue weighted by Crippen LogP contribution is 2.19. The second kappa shape index (κ2) is 8.13. The molecule has 0 spiro atoms. The van der Waals surface area contributed by atoms with Crippen LogP contribution in [0.1, 0.15) is 27.4 Å². The average molecular weight is 454 g/mol. The van der Waals surface area contributed by atoms with Crippen molar-refractivity contribution in [3.8, 4) is 5.75 Å². The van der Waals surface area contributed by atoms with Crippen LogP contribution in [-0.2, 0) is 13.2 Å². The minimum absolute atomic E-state index is 0.105. The summed E-state index contributed by atoms with van der Waals surface area (Å²) in [7, 11) is 1.74. The van der Waals surface area contributed by atoms with Gasteiger partial charge in [-0.2, -0.15) is 0 Å². The van der Waals surface area contributed by atoms with E-state index in [1.165, 1.54) is 5.56 Å². The van der Waals surface area contributed by atoms with Gasteiger partial charge in [0.25, 0.3) is 5.91 Å². The van der Waals surface area contributed by atoms with E-state index in [0.29, 0.717) is 34.9 Å². The van der Waals surface area contributed by atoms with Crippen molar-refractivity contribution in [2.24, 2.45) is 0 Å². The lowest BCUT2D eigenvalue weighted by Crippen LogP contribution is -2.25. The number of aryl methyl sites for hydroxylation is 1. The topological polar surface area (TPSA) is 60.0 Å². The van der Waals surface area contributed by atoms with Crippen LogP contribution in [0, 0.1) is 6.92 Å². The van der Waals surface area contributed by atoms with Crippen molar-refractivity contribution >= 4 is 27.5 Å². The lowest BCUT2D eigenvalue weighted by molar-refractivity contribution is 0.0774. The van der Waals surface area contributed by atoms with E-state index in [1.807, 2.05) is 60.1 Å².